The number of esters is 2. The first-order valence-corrected chi connectivity index (χ1v) is 15.7. The molecule has 0 saturated heterocycles. The third-order valence-electron chi connectivity index (χ3n) is 7.44. The lowest BCUT2D eigenvalue weighted by Gasteiger charge is -2.33. The number of hydrogen-bond acceptors (Lipinski definition) is 10. The Morgan fingerprint density at radius 1 is 1.02 bits per heavy atom. The summed E-state index contributed by atoms with van der Waals surface area (Å²) in [5.74, 6) is 0.0654. The average molecular weight is 672 g/mol. The fraction of sp³-hybridized carbons (Fsp3) is 0.471. The molecule has 0 bridgehead atoms. The van der Waals surface area contributed by atoms with Crippen LogP contribution in [0, 0.1) is 5.41 Å². The van der Waals surface area contributed by atoms with Crippen LogP contribution >= 0.6 is 11.6 Å². The summed E-state index contributed by atoms with van der Waals surface area (Å²) in [7, 11) is 3.08. The fourth-order valence-corrected chi connectivity index (χ4v) is 5.62. The quantitative estimate of drug-likeness (QED) is 0.212. The van der Waals surface area contributed by atoms with Crippen LogP contribution in [0.1, 0.15) is 57.5 Å². The second-order valence-electron chi connectivity index (χ2n) is 11.7. The maximum atomic E-state index is 14.6. The highest BCUT2D eigenvalue weighted by Gasteiger charge is 2.40. The predicted octanol–water partition coefficient (Wildman–Crippen LogP) is 5.17. The lowest BCUT2D eigenvalue weighted by atomic mass is 9.92. The first-order valence-electron chi connectivity index (χ1n) is 15.4. The van der Waals surface area contributed by atoms with Crippen LogP contribution in [0.3, 0.4) is 0 Å². The molecule has 12 nitrogen and oxygen atoms in total. The fourth-order valence-electron chi connectivity index (χ4n) is 5.44. The number of anilines is 1. The second-order valence-corrected chi connectivity index (χ2v) is 12.2. The van der Waals surface area contributed by atoms with Crippen molar-refractivity contribution in [1.29, 1.82) is 0 Å². The molecule has 0 fully saturated rings. The Bertz CT molecular complexity index is 1590. The molecule has 0 radical (unpaired) electrons. The van der Waals surface area contributed by atoms with Crippen LogP contribution in [0.5, 0.6) is 17.4 Å². The van der Waals surface area contributed by atoms with Crippen molar-refractivity contribution in [1.82, 2.24) is 9.78 Å². The van der Waals surface area contributed by atoms with E-state index in [4.69, 9.17) is 40.0 Å². The number of para-hydroxylation sites is 1. The van der Waals surface area contributed by atoms with Crippen molar-refractivity contribution in [2.24, 2.45) is 5.41 Å². The Hall–Kier alpha value is -4.29. The van der Waals surface area contributed by atoms with Crippen molar-refractivity contribution in [3.63, 3.8) is 0 Å². The number of rotatable bonds is 14. The van der Waals surface area contributed by atoms with Gasteiger partial charge >= 0.3 is 11.9 Å². The van der Waals surface area contributed by atoms with E-state index in [1.807, 2.05) is 32.9 Å². The molecular formula is C34H42ClN3O9. The average Bonchev–Trinajstić information content (AvgIpc) is 3.36. The number of carbonyl (C=O) groups is 3. The highest BCUT2D eigenvalue weighted by Crippen LogP contribution is 2.45. The largest absolute Gasteiger partial charge is 0.493 e. The van der Waals surface area contributed by atoms with E-state index in [-0.39, 0.29) is 38.6 Å². The van der Waals surface area contributed by atoms with Crippen LogP contribution in [-0.2, 0) is 41.6 Å². The normalized spacial score (nSPS) is 16.3. The van der Waals surface area contributed by atoms with Gasteiger partial charge in [0.15, 0.2) is 11.5 Å². The van der Waals surface area contributed by atoms with E-state index in [1.165, 1.54) is 18.7 Å². The van der Waals surface area contributed by atoms with Crippen LogP contribution in [0.2, 0.25) is 5.02 Å². The summed E-state index contributed by atoms with van der Waals surface area (Å²) in [6, 6.07) is 12.4. The summed E-state index contributed by atoms with van der Waals surface area (Å²) in [6.07, 6.45) is -1.84. The molecule has 2 atom stereocenters. The number of nitrogens with zero attached hydrogens (tertiary/aromatic N) is 3. The summed E-state index contributed by atoms with van der Waals surface area (Å²) in [6.45, 7) is 9.40. The lowest BCUT2D eigenvalue weighted by molar-refractivity contribution is -0.145. The minimum atomic E-state index is -1.06. The van der Waals surface area contributed by atoms with Crippen LogP contribution in [0.25, 0.3) is 0 Å². The van der Waals surface area contributed by atoms with Crippen molar-refractivity contribution in [2.45, 2.75) is 59.8 Å². The standard InChI is InChI=1S/C34H42ClN3O9/c1-8-44-29-17-23(36-38(29)18-30(40)45-9-2)16-28-33(41)37(19-34(4,5)20-46-21(3)39)26-14-13-22(35)15-25(26)31(47-28)24-11-10-12-27(42-6)32(24)43-7/h10-15,17,28,31H,8-9,16,18-20H2,1-7H3/t28-,31-/m1/s1. The molecule has 1 aliphatic rings. The van der Waals surface area contributed by atoms with E-state index in [0.29, 0.717) is 51.5 Å². The Kier molecular flexibility index (Phi) is 11.8. The highest BCUT2D eigenvalue weighted by atomic mass is 35.5. The number of halogens is 1. The molecule has 2 aromatic carbocycles. The summed E-state index contributed by atoms with van der Waals surface area (Å²) in [5, 5.41) is 5.05. The molecule has 0 unspecified atom stereocenters. The van der Waals surface area contributed by atoms with Gasteiger partial charge in [-0.05, 0) is 38.1 Å². The molecule has 0 N–H and O–H groups in total. The highest BCUT2D eigenvalue weighted by molar-refractivity contribution is 6.30. The van der Waals surface area contributed by atoms with Crippen LogP contribution < -0.4 is 19.1 Å². The Balaban J connectivity index is 1.85. The molecule has 4 rings (SSSR count). The van der Waals surface area contributed by atoms with Gasteiger partial charge in [-0.3, -0.25) is 14.4 Å². The molecule has 1 aliphatic heterocycles. The number of methoxy groups -OCH3 is 2. The zero-order chi connectivity index (χ0) is 34.3. The maximum absolute atomic E-state index is 14.6. The number of ether oxygens (including phenoxy) is 6. The smallest absolute Gasteiger partial charge is 0.327 e. The van der Waals surface area contributed by atoms with Crippen molar-refractivity contribution >= 4 is 35.1 Å². The van der Waals surface area contributed by atoms with Gasteiger partial charge in [0.05, 0.1) is 39.7 Å². The van der Waals surface area contributed by atoms with Gasteiger partial charge in [-0.25, -0.2) is 4.68 Å². The number of amides is 1. The summed E-state index contributed by atoms with van der Waals surface area (Å²) in [5.41, 5.74) is 1.66. The van der Waals surface area contributed by atoms with Gasteiger partial charge in [0.1, 0.15) is 18.8 Å². The molecule has 0 aliphatic carbocycles. The predicted molar refractivity (Wildman–Crippen MR) is 174 cm³/mol. The van der Waals surface area contributed by atoms with E-state index in [9.17, 15) is 14.4 Å². The van der Waals surface area contributed by atoms with Crippen molar-refractivity contribution in [3.05, 3.63) is 64.3 Å². The van der Waals surface area contributed by atoms with Gasteiger partial charge in [0.25, 0.3) is 5.91 Å². The monoisotopic (exact) mass is 671 g/mol. The minimum absolute atomic E-state index is 0.0418. The minimum Gasteiger partial charge on any atom is -0.493 e. The van der Waals surface area contributed by atoms with Gasteiger partial charge in [-0.2, -0.15) is 5.10 Å². The lowest BCUT2D eigenvalue weighted by Crippen LogP contribution is -2.46. The molecule has 13 heteroatoms. The van der Waals surface area contributed by atoms with Crippen LogP contribution in [0.15, 0.2) is 42.5 Å². The van der Waals surface area contributed by atoms with Gasteiger partial charge in [-0.15, -0.1) is 0 Å². The third kappa shape index (κ3) is 8.55. The molecular weight excluding hydrogens is 630 g/mol. The summed E-state index contributed by atoms with van der Waals surface area (Å²) < 4.78 is 35.8. The van der Waals surface area contributed by atoms with E-state index in [2.05, 4.69) is 5.10 Å². The number of benzene rings is 2. The topological polar surface area (TPSA) is 128 Å². The Labute approximate surface area is 279 Å². The van der Waals surface area contributed by atoms with Crippen molar-refractivity contribution in [2.75, 3.05) is 45.5 Å². The van der Waals surface area contributed by atoms with E-state index < -0.39 is 29.6 Å². The van der Waals surface area contributed by atoms with E-state index in [0.717, 1.165) is 0 Å². The number of aromatic nitrogens is 2. The van der Waals surface area contributed by atoms with Crippen molar-refractivity contribution < 1.29 is 42.8 Å². The zero-order valence-corrected chi connectivity index (χ0v) is 28.6. The molecule has 47 heavy (non-hydrogen) atoms. The molecule has 3 aromatic rings. The first kappa shape index (κ1) is 35.6. The molecule has 1 amide bonds. The van der Waals surface area contributed by atoms with Crippen LogP contribution in [-0.4, -0.2) is 74.3 Å². The molecule has 2 heterocycles. The van der Waals surface area contributed by atoms with Gasteiger partial charge in [0, 0.05) is 53.2 Å². The van der Waals surface area contributed by atoms with Crippen molar-refractivity contribution in [3.8, 4) is 17.4 Å². The van der Waals surface area contributed by atoms with E-state index >= 15 is 0 Å². The number of hydrogen-bond donors (Lipinski definition) is 0. The van der Waals surface area contributed by atoms with Crippen LogP contribution in [0.4, 0.5) is 5.69 Å². The molecule has 1 aromatic heterocycles. The SMILES string of the molecule is CCOC(=O)Cn1nc(C[C@H]2O[C@H](c3cccc(OC)c3OC)c3cc(Cl)ccc3N(CC(C)(C)COC(C)=O)C2=O)cc1OCC. The number of fused-ring (bicyclic) bond motifs is 1. The van der Waals surface area contributed by atoms with Gasteiger partial charge in [0.2, 0.25) is 5.88 Å². The van der Waals surface area contributed by atoms with Gasteiger partial charge < -0.3 is 33.3 Å². The number of carbonyl (C=O) groups excluding carboxylic acids is 3. The second kappa shape index (κ2) is 15.5. The molecule has 254 valence electrons. The van der Waals surface area contributed by atoms with Gasteiger partial charge in [-0.1, -0.05) is 37.6 Å². The first-order chi connectivity index (χ1) is 22.4. The zero-order valence-electron chi connectivity index (χ0n) is 27.8. The molecule has 0 spiro atoms. The summed E-state index contributed by atoms with van der Waals surface area (Å²) >= 11 is 6.56. The van der Waals surface area contributed by atoms with E-state index in [1.54, 1.807) is 49.3 Å². The maximum Gasteiger partial charge on any atom is 0.327 e. The summed E-state index contributed by atoms with van der Waals surface area (Å²) in [4.78, 5) is 40.2. The molecule has 0 saturated carbocycles. The Morgan fingerprint density at radius 3 is 2.45 bits per heavy atom. The Morgan fingerprint density at radius 2 is 1.79 bits per heavy atom. The third-order valence-corrected chi connectivity index (χ3v) is 7.67.